The highest BCUT2D eigenvalue weighted by Gasteiger charge is 2.18. The standard InChI is InChI=1S/C16H19N3O3/c1-22-16(21)13-4-2-12(3-5-13)8-18-6-7-19-9-14(11-20)17-15(19)10-18/h2-5,9,20H,6-8,10-11H2,1H3. The quantitative estimate of drug-likeness (QED) is 0.859. The molecule has 1 aromatic heterocycles. The molecule has 1 aromatic carbocycles. The molecule has 1 N–H and O–H groups in total. The Kier molecular flexibility index (Phi) is 4.22. The molecule has 0 saturated carbocycles. The van der Waals surface area contributed by atoms with Crippen molar-refractivity contribution in [2.24, 2.45) is 0 Å². The number of carbonyl (C=O) groups excluding carboxylic acids is 1. The summed E-state index contributed by atoms with van der Waals surface area (Å²) in [5, 5.41) is 9.15. The number of methoxy groups -OCH3 is 1. The third-order valence-corrected chi connectivity index (χ3v) is 3.87. The van der Waals surface area contributed by atoms with Crippen LogP contribution in [0, 0.1) is 0 Å². The lowest BCUT2D eigenvalue weighted by atomic mass is 10.1. The minimum Gasteiger partial charge on any atom is -0.465 e. The lowest BCUT2D eigenvalue weighted by Gasteiger charge is -2.27. The van der Waals surface area contributed by atoms with E-state index in [9.17, 15) is 4.79 Å². The SMILES string of the molecule is COC(=O)c1ccc(CN2CCn3cc(CO)nc3C2)cc1. The third kappa shape index (κ3) is 3.03. The summed E-state index contributed by atoms with van der Waals surface area (Å²) in [5.74, 6) is 0.671. The smallest absolute Gasteiger partial charge is 0.337 e. The van der Waals surface area contributed by atoms with Gasteiger partial charge in [0.15, 0.2) is 0 Å². The predicted molar refractivity (Wildman–Crippen MR) is 80.0 cm³/mol. The molecule has 1 aliphatic heterocycles. The zero-order valence-corrected chi connectivity index (χ0v) is 12.5. The number of rotatable bonds is 4. The van der Waals surface area contributed by atoms with Gasteiger partial charge in [-0.1, -0.05) is 12.1 Å². The molecule has 22 heavy (non-hydrogen) atoms. The molecular weight excluding hydrogens is 282 g/mol. The summed E-state index contributed by atoms with van der Waals surface area (Å²) in [7, 11) is 1.38. The minimum absolute atomic E-state index is 0.0189. The molecule has 0 bridgehead atoms. The lowest BCUT2D eigenvalue weighted by Crippen LogP contribution is -2.33. The summed E-state index contributed by atoms with van der Waals surface area (Å²) >= 11 is 0. The number of aliphatic hydroxyl groups excluding tert-OH is 1. The first-order valence-corrected chi connectivity index (χ1v) is 7.25. The largest absolute Gasteiger partial charge is 0.465 e. The molecule has 0 radical (unpaired) electrons. The molecule has 116 valence electrons. The summed E-state index contributed by atoms with van der Waals surface area (Å²) in [6.45, 7) is 3.37. The van der Waals surface area contributed by atoms with Crippen molar-refractivity contribution in [3.8, 4) is 0 Å². The molecule has 0 saturated heterocycles. The molecule has 2 aromatic rings. The fraction of sp³-hybridized carbons (Fsp3) is 0.375. The highest BCUT2D eigenvalue weighted by molar-refractivity contribution is 5.89. The van der Waals surface area contributed by atoms with Gasteiger partial charge in [0, 0.05) is 25.8 Å². The zero-order valence-electron chi connectivity index (χ0n) is 12.5. The van der Waals surface area contributed by atoms with E-state index in [1.165, 1.54) is 7.11 Å². The van der Waals surface area contributed by atoms with Crippen molar-refractivity contribution in [3.63, 3.8) is 0 Å². The first-order chi connectivity index (χ1) is 10.7. The van der Waals surface area contributed by atoms with Crippen molar-refractivity contribution in [2.45, 2.75) is 26.2 Å². The van der Waals surface area contributed by atoms with E-state index in [0.717, 1.165) is 43.3 Å². The summed E-state index contributed by atoms with van der Waals surface area (Å²) < 4.78 is 6.80. The number of hydrogen-bond donors (Lipinski definition) is 1. The van der Waals surface area contributed by atoms with Gasteiger partial charge in [0.05, 0.1) is 31.5 Å². The van der Waals surface area contributed by atoms with Crippen LogP contribution < -0.4 is 0 Å². The minimum atomic E-state index is -0.317. The van der Waals surface area contributed by atoms with E-state index in [4.69, 9.17) is 9.84 Å². The Hall–Kier alpha value is -2.18. The maximum absolute atomic E-state index is 11.4. The molecule has 2 heterocycles. The molecule has 0 fully saturated rings. The molecule has 1 aliphatic rings. The van der Waals surface area contributed by atoms with E-state index >= 15 is 0 Å². The van der Waals surface area contributed by atoms with E-state index in [-0.39, 0.29) is 12.6 Å². The van der Waals surface area contributed by atoms with Crippen molar-refractivity contribution >= 4 is 5.97 Å². The van der Waals surface area contributed by atoms with Crippen LogP contribution in [0.4, 0.5) is 0 Å². The highest BCUT2D eigenvalue weighted by atomic mass is 16.5. The second kappa shape index (κ2) is 6.29. The van der Waals surface area contributed by atoms with E-state index < -0.39 is 0 Å². The van der Waals surface area contributed by atoms with Crippen LogP contribution in [0.5, 0.6) is 0 Å². The Morgan fingerprint density at radius 3 is 2.77 bits per heavy atom. The molecule has 0 amide bonds. The van der Waals surface area contributed by atoms with Crippen molar-refractivity contribution < 1.29 is 14.6 Å². The second-order valence-electron chi connectivity index (χ2n) is 5.40. The van der Waals surface area contributed by atoms with E-state index in [0.29, 0.717) is 5.56 Å². The average molecular weight is 301 g/mol. The van der Waals surface area contributed by atoms with Crippen LogP contribution in [-0.2, 0) is 31.0 Å². The first kappa shape index (κ1) is 14.7. The predicted octanol–water partition coefficient (Wildman–Crippen LogP) is 1.18. The molecule has 0 unspecified atom stereocenters. The number of carbonyl (C=O) groups is 1. The number of imidazole rings is 1. The normalized spacial score (nSPS) is 14.6. The second-order valence-corrected chi connectivity index (χ2v) is 5.40. The summed E-state index contributed by atoms with van der Waals surface area (Å²) in [6.07, 6.45) is 1.91. The number of fused-ring (bicyclic) bond motifs is 1. The van der Waals surface area contributed by atoms with Gasteiger partial charge >= 0.3 is 5.97 Å². The number of aliphatic hydroxyl groups is 1. The Labute approximate surface area is 129 Å². The third-order valence-electron chi connectivity index (χ3n) is 3.87. The average Bonchev–Trinajstić information content (AvgIpc) is 2.97. The van der Waals surface area contributed by atoms with Gasteiger partial charge in [-0.2, -0.15) is 0 Å². The fourth-order valence-corrected chi connectivity index (χ4v) is 2.69. The van der Waals surface area contributed by atoms with Crippen LogP contribution in [0.2, 0.25) is 0 Å². The van der Waals surface area contributed by atoms with Crippen molar-refractivity contribution in [1.82, 2.24) is 14.5 Å². The molecule has 0 spiro atoms. The van der Waals surface area contributed by atoms with Crippen LogP contribution in [-0.4, -0.2) is 39.2 Å². The summed E-state index contributed by atoms with van der Waals surface area (Å²) in [4.78, 5) is 18.1. The molecule has 6 nitrogen and oxygen atoms in total. The molecule has 0 aliphatic carbocycles. The summed E-state index contributed by atoms with van der Waals surface area (Å²) in [5.41, 5.74) is 2.43. The number of ether oxygens (including phenoxy) is 1. The lowest BCUT2D eigenvalue weighted by molar-refractivity contribution is 0.0600. The number of nitrogens with zero attached hydrogens (tertiary/aromatic N) is 3. The van der Waals surface area contributed by atoms with Gasteiger partial charge in [-0.05, 0) is 17.7 Å². The summed E-state index contributed by atoms with van der Waals surface area (Å²) in [6, 6.07) is 7.48. The Bertz CT molecular complexity index is 664. The van der Waals surface area contributed by atoms with E-state index in [1.807, 2.05) is 18.3 Å². The Morgan fingerprint density at radius 2 is 2.09 bits per heavy atom. The topological polar surface area (TPSA) is 67.6 Å². The number of esters is 1. The van der Waals surface area contributed by atoms with Crippen LogP contribution in [0.15, 0.2) is 30.5 Å². The highest BCUT2D eigenvalue weighted by Crippen LogP contribution is 2.16. The van der Waals surface area contributed by atoms with Gasteiger partial charge < -0.3 is 14.4 Å². The van der Waals surface area contributed by atoms with Crippen LogP contribution in [0.1, 0.15) is 27.4 Å². The number of benzene rings is 1. The fourth-order valence-electron chi connectivity index (χ4n) is 2.69. The molecule has 0 atom stereocenters. The van der Waals surface area contributed by atoms with E-state index in [1.54, 1.807) is 12.1 Å². The molecule has 3 rings (SSSR count). The van der Waals surface area contributed by atoms with Crippen LogP contribution >= 0.6 is 0 Å². The zero-order chi connectivity index (χ0) is 15.5. The van der Waals surface area contributed by atoms with Gasteiger partial charge in [0.1, 0.15) is 5.82 Å². The van der Waals surface area contributed by atoms with Gasteiger partial charge in [-0.25, -0.2) is 9.78 Å². The van der Waals surface area contributed by atoms with Gasteiger partial charge in [0.2, 0.25) is 0 Å². The van der Waals surface area contributed by atoms with E-state index in [2.05, 4.69) is 14.5 Å². The number of aromatic nitrogens is 2. The maximum Gasteiger partial charge on any atom is 0.337 e. The van der Waals surface area contributed by atoms with Gasteiger partial charge in [-0.3, -0.25) is 4.90 Å². The van der Waals surface area contributed by atoms with Crippen molar-refractivity contribution in [2.75, 3.05) is 13.7 Å². The Balaban J connectivity index is 1.65. The van der Waals surface area contributed by atoms with Gasteiger partial charge in [-0.15, -0.1) is 0 Å². The van der Waals surface area contributed by atoms with Crippen molar-refractivity contribution in [3.05, 3.63) is 53.1 Å². The van der Waals surface area contributed by atoms with Crippen LogP contribution in [0.25, 0.3) is 0 Å². The first-order valence-electron chi connectivity index (χ1n) is 7.25. The number of hydrogen-bond acceptors (Lipinski definition) is 5. The maximum atomic E-state index is 11.4. The van der Waals surface area contributed by atoms with Crippen molar-refractivity contribution in [1.29, 1.82) is 0 Å². The Morgan fingerprint density at radius 1 is 1.32 bits per heavy atom. The van der Waals surface area contributed by atoms with Gasteiger partial charge in [0.25, 0.3) is 0 Å². The van der Waals surface area contributed by atoms with Crippen LogP contribution in [0.3, 0.4) is 0 Å². The molecular formula is C16H19N3O3. The molecule has 6 heteroatoms. The monoisotopic (exact) mass is 301 g/mol.